The molecule has 0 unspecified atom stereocenters. The van der Waals surface area contributed by atoms with Crippen molar-refractivity contribution in [2.45, 2.75) is 12.8 Å². The van der Waals surface area contributed by atoms with E-state index >= 15 is 0 Å². The van der Waals surface area contributed by atoms with E-state index in [0.29, 0.717) is 16.9 Å². The van der Waals surface area contributed by atoms with Gasteiger partial charge in [0.1, 0.15) is 5.71 Å². The molecular weight excluding hydrogens is 230 g/mol. The summed E-state index contributed by atoms with van der Waals surface area (Å²) in [5.74, 6) is -0.266. The van der Waals surface area contributed by atoms with Crippen molar-refractivity contribution in [3.8, 4) is 0 Å². The van der Waals surface area contributed by atoms with Crippen molar-refractivity contribution in [1.82, 2.24) is 0 Å². The molecule has 18 heavy (non-hydrogen) atoms. The largest absolute Gasteiger partial charge is 0.398 e. The summed E-state index contributed by atoms with van der Waals surface area (Å²) in [6.45, 7) is 0. The van der Waals surface area contributed by atoms with Crippen molar-refractivity contribution in [2.75, 3.05) is 5.43 Å². The molecule has 0 aromatic heterocycles. The number of hydrogen-bond donors (Lipinski definition) is 2. The minimum Gasteiger partial charge on any atom is -0.398 e. The van der Waals surface area contributed by atoms with Gasteiger partial charge >= 0.3 is 0 Å². The highest BCUT2D eigenvalue weighted by Crippen LogP contribution is 2.29. The number of anilines is 1. The fraction of sp³-hybridized carbons (Fsp3) is 0.154. The molecule has 3 rings (SSSR count). The lowest BCUT2D eigenvalue weighted by molar-refractivity contribution is -0.120. The van der Waals surface area contributed by atoms with Crippen LogP contribution in [0.1, 0.15) is 18.4 Å². The lowest BCUT2D eigenvalue weighted by Gasteiger charge is -2.15. The minimum atomic E-state index is -0.146. The topological polar surface area (TPSA) is 84.6 Å². The van der Waals surface area contributed by atoms with Crippen LogP contribution in [0.25, 0.3) is 5.70 Å². The number of hydrogen-bond acceptors (Lipinski definition) is 5. The highest BCUT2D eigenvalue weighted by atomic mass is 16.1. The Morgan fingerprint density at radius 3 is 2.67 bits per heavy atom. The Bertz CT molecular complexity index is 629. The number of nitrogens with two attached hydrogens (primary N) is 1. The Labute approximate surface area is 103 Å². The van der Waals surface area contributed by atoms with E-state index in [1.165, 1.54) is 0 Å². The molecule has 1 saturated carbocycles. The van der Waals surface area contributed by atoms with E-state index in [-0.39, 0.29) is 35.7 Å². The van der Waals surface area contributed by atoms with Crippen LogP contribution in [0.5, 0.6) is 0 Å². The average Bonchev–Trinajstić information content (AvgIpc) is 2.53. The summed E-state index contributed by atoms with van der Waals surface area (Å²) in [7, 11) is 0. The fourth-order valence-electron chi connectivity index (χ4n) is 2.20. The number of nitrogens with zero attached hydrogens (tertiary/aromatic N) is 1. The van der Waals surface area contributed by atoms with Crippen LogP contribution in [0.2, 0.25) is 0 Å². The van der Waals surface area contributed by atoms with Crippen LogP contribution < -0.4 is 11.2 Å². The Balaban J connectivity index is 2.28. The zero-order valence-corrected chi connectivity index (χ0v) is 9.56. The van der Waals surface area contributed by atoms with E-state index in [1.54, 1.807) is 12.1 Å². The van der Waals surface area contributed by atoms with Crippen molar-refractivity contribution < 1.29 is 9.59 Å². The van der Waals surface area contributed by atoms with Gasteiger partial charge in [-0.3, -0.25) is 15.0 Å². The smallest absolute Gasteiger partial charge is 0.184 e. The van der Waals surface area contributed by atoms with Gasteiger partial charge in [0.05, 0.1) is 17.0 Å². The van der Waals surface area contributed by atoms with E-state index in [0.717, 1.165) is 0 Å². The predicted octanol–water partition coefficient (Wildman–Crippen LogP) is 1.07. The van der Waals surface area contributed by atoms with Gasteiger partial charge in [-0.1, -0.05) is 18.2 Å². The minimum absolute atomic E-state index is 0.121. The second-order valence-corrected chi connectivity index (χ2v) is 4.25. The molecular formula is C13H11N3O2. The molecule has 0 bridgehead atoms. The molecule has 5 heteroatoms. The first-order chi connectivity index (χ1) is 8.68. The van der Waals surface area contributed by atoms with Gasteiger partial charge in [-0.2, -0.15) is 5.10 Å². The summed E-state index contributed by atoms with van der Waals surface area (Å²) < 4.78 is 0. The molecule has 0 radical (unpaired) electrons. The maximum absolute atomic E-state index is 11.9. The molecule has 1 fully saturated rings. The van der Waals surface area contributed by atoms with Crippen LogP contribution in [-0.2, 0) is 9.59 Å². The zero-order chi connectivity index (χ0) is 12.7. The number of rotatable bonds is 0. The quantitative estimate of drug-likeness (QED) is 0.711. The van der Waals surface area contributed by atoms with Gasteiger partial charge in [-0.15, -0.1) is 0 Å². The molecule has 1 aromatic carbocycles. The molecule has 0 atom stereocenters. The molecule has 0 spiro atoms. The molecule has 0 amide bonds. The summed E-state index contributed by atoms with van der Waals surface area (Å²) in [5, 5.41) is 4.03. The molecule has 2 aliphatic rings. The Morgan fingerprint density at radius 2 is 1.83 bits per heavy atom. The van der Waals surface area contributed by atoms with Gasteiger partial charge in [0, 0.05) is 18.4 Å². The standard InChI is InChI=1S/C13H11N3O2/c14-12-7-3-1-2-4-8(7)15-16-13-10(18)6-5-9(17)11(12)13/h1-4,15H,5-6,14H2. The predicted molar refractivity (Wildman–Crippen MR) is 67.9 cm³/mol. The van der Waals surface area contributed by atoms with Crippen molar-refractivity contribution >= 4 is 28.7 Å². The highest BCUT2D eigenvalue weighted by Gasteiger charge is 2.33. The lowest BCUT2D eigenvalue weighted by atomic mass is 9.87. The van der Waals surface area contributed by atoms with Crippen molar-refractivity contribution in [1.29, 1.82) is 0 Å². The van der Waals surface area contributed by atoms with Gasteiger partial charge in [0.25, 0.3) is 0 Å². The van der Waals surface area contributed by atoms with Crippen molar-refractivity contribution in [3.05, 3.63) is 35.4 Å². The number of carbonyl (C=O) groups excluding carboxylic acids is 2. The van der Waals surface area contributed by atoms with Gasteiger partial charge in [0.2, 0.25) is 0 Å². The Hall–Kier alpha value is -2.43. The molecule has 90 valence electrons. The third-order valence-electron chi connectivity index (χ3n) is 3.13. The first kappa shape index (κ1) is 10.7. The van der Waals surface area contributed by atoms with Crippen molar-refractivity contribution in [3.63, 3.8) is 0 Å². The summed E-state index contributed by atoms with van der Waals surface area (Å²) >= 11 is 0. The SMILES string of the molecule is NC1=C2C(=O)CCC(=O)C2=NNc2ccccc21. The van der Waals surface area contributed by atoms with Gasteiger partial charge in [-0.05, 0) is 6.07 Å². The molecule has 1 aliphatic heterocycles. The van der Waals surface area contributed by atoms with E-state index in [9.17, 15) is 9.59 Å². The molecule has 1 heterocycles. The maximum atomic E-state index is 11.9. The van der Waals surface area contributed by atoms with Gasteiger partial charge in [-0.25, -0.2) is 0 Å². The van der Waals surface area contributed by atoms with Crippen LogP contribution in [0.3, 0.4) is 0 Å². The van der Waals surface area contributed by atoms with E-state index in [4.69, 9.17) is 5.73 Å². The Morgan fingerprint density at radius 1 is 1.11 bits per heavy atom. The number of nitrogens with one attached hydrogen (secondary N) is 1. The second kappa shape index (κ2) is 3.80. The van der Waals surface area contributed by atoms with E-state index < -0.39 is 0 Å². The van der Waals surface area contributed by atoms with E-state index in [1.807, 2.05) is 12.1 Å². The normalized spacial score (nSPS) is 18.6. The number of Topliss-reactive ketones (excluding diaryl/α,β-unsaturated/α-hetero) is 2. The van der Waals surface area contributed by atoms with Crippen molar-refractivity contribution in [2.24, 2.45) is 10.8 Å². The van der Waals surface area contributed by atoms with Crippen LogP contribution in [0.15, 0.2) is 34.9 Å². The summed E-state index contributed by atoms with van der Waals surface area (Å²) in [5.41, 5.74) is 11.0. The Kier molecular flexibility index (Phi) is 2.26. The number of allylic oxidation sites excluding steroid dienone is 1. The number of fused-ring (bicyclic) bond motifs is 2. The van der Waals surface area contributed by atoms with Gasteiger partial charge < -0.3 is 5.73 Å². The molecule has 0 saturated heterocycles. The number of para-hydroxylation sites is 1. The molecule has 1 aromatic rings. The maximum Gasteiger partial charge on any atom is 0.184 e. The van der Waals surface area contributed by atoms with Gasteiger partial charge in [0.15, 0.2) is 11.6 Å². The number of hydrazone groups is 1. The zero-order valence-electron chi connectivity index (χ0n) is 9.56. The third-order valence-corrected chi connectivity index (χ3v) is 3.13. The van der Waals surface area contributed by atoms with E-state index in [2.05, 4.69) is 10.5 Å². The number of ketones is 2. The first-order valence-corrected chi connectivity index (χ1v) is 5.68. The summed E-state index contributed by atoms with van der Waals surface area (Å²) in [6, 6.07) is 7.27. The van der Waals surface area contributed by atoms with Crippen LogP contribution in [-0.4, -0.2) is 17.3 Å². The molecule has 5 nitrogen and oxygen atoms in total. The summed E-state index contributed by atoms with van der Waals surface area (Å²) in [4.78, 5) is 23.8. The highest BCUT2D eigenvalue weighted by molar-refractivity contribution is 6.56. The van der Waals surface area contributed by atoms with Crippen LogP contribution in [0.4, 0.5) is 5.69 Å². The third kappa shape index (κ3) is 1.44. The van der Waals surface area contributed by atoms with Crippen LogP contribution in [0, 0.1) is 0 Å². The summed E-state index contributed by atoms with van der Waals surface area (Å²) in [6.07, 6.45) is 0.405. The lowest BCUT2D eigenvalue weighted by Crippen LogP contribution is -2.30. The monoisotopic (exact) mass is 241 g/mol. The molecule has 1 aliphatic carbocycles. The van der Waals surface area contributed by atoms with Crippen LogP contribution >= 0.6 is 0 Å². The number of carbonyl (C=O) groups is 2. The fourth-order valence-corrected chi connectivity index (χ4v) is 2.20. The second-order valence-electron chi connectivity index (χ2n) is 4.25. The first-order valence-electron chi connectivity index (χ1n) is 5.68. The molecule has 3 N–H and O–H groups in total. The average molecular weight is 241 g/mol. The number of benzene rings is 1.